The van der Waals surface area contributed by atoms with E-state index in [2.05, 4.69) is 43.9 Å². The van der Waals surface area contributed by atoms with Crippen LogP contribution in [-0.4, -0.2) is 86.8 Å². The van der Waals surface area contributed by atoms with Gasteiger partial charge in [0.25, 0.3) is 17.9 Å². The topological polar surface area (TPSA) is 152 Å². The van der Waals surface area contributed by atoms with Crippen LogP contribution in [0.2, 0.25) is 5.02 Å². The van der Waals surface area contributed by atoms with Gasteiger partial charge in [-0.1, -0.05) is 11.6 Å². The van der Waals surface area contributed by atoms with Gasteiger partial charge in [0.05, 0.1) is 44.8 Å². The first-order valence-electron chi connectivity index (χ1n) is 20.3. The Morgan fingerprint density at radius 2 is 1.69 bits per heavy atom. The van der Waals surface area contributed by atoms with Crippen LogP contribution in [0, 0.1) is 17.6 Å². The molecular weight excluding hydrogens is 890 g/mol. The maximum absolute atomic E-state index is 15.6. The van der Waals surface area contributed by atoms with Crippen LogP contribution in [0.5, 0.6) is 0 Å². The molecule has 64 heavy (non-hydrogen) atoms. The molecule has 6 aromatic rings. The van der Waals surface area contributed by atoms with Crippen molar-refractivity contribution in [1.82, 2.24) is 39.3 Å². The minimum Gasteiger partial charge on any atom is -0.368 e. The standard InChI is InChI=1S/C42H41ClF6N10O4S/c1-19-16-57(17-20(2)55(19)3)24-6-7-25-29(14-24)51-40(59(41(25)61)31-9-8-28(43)34-36(31)56(4)53-39(34)54-64(5,62)63)30(12-21-10-22(44)13-23(45)11-21)50-32(60)18-58-37-33(35(52-58)38(46)47)26-15-27(26)42(37,48)49/h6-11,13-14,19-20,26-27,30,38H,12,15-18H2,1-5H3,(H,50,60)(H,53,54)/t19-,20+,26-,27+,30-/m0/s1. The number of anilines is 2. The number of amides is 1. The van der Waals surface area contributed by atoms with Gasteiger partial charge in [-0.3, -0.25) is 33.1 Å². The van der Waals surface area contributed by atoms with Crippen LogP contribution in [0.15, 0.2) is 53.3 Å². The third kappa shape index (κ3) is 7.53. The van der Waals surface area contributed by atoms with Gasteiger partial charge in [0.1, 0.15) is 35.4 Å². The van der Waals surface area contributed by atoms with Crippen LogP contribution in [0.4, 0.5) is 37.8 Å². The molecular formula is C42H41ClF6N10O4S. The number of sulfonamides is 1. The first-order chi connectivity index (χ1) is 30.1. The van der Waals surface area contributed by atoms with Gasteiger partial charge in [-0.05, 0) is 81.3 Å². The molecule has 0 bridgehead atoms. The van der Waals surface area contributed by atoms with Crippen LogP contribution < -0.4 is 20.5 Å². The van der Waals surface area contributed by atoms with E-state index in [4.69, 9.17) is 16.6 Å². The third-order valence-corrected chi connectivity index (χ3v) is 13.4. The van der Waals surface area contributed by atoms with Gasteiger partial charge in [0.2, 0.25) is 15.9 Å². The van der Waals surface area contributed by atoms with Gasteiger partial charge in [0.15, 0.2) is 5.82 Å². The summed E-state index contributed by atoms with van der Waals surface area (Å²) >= 11 is 6.66. The van der Waals surface area contributed by atoms with E-state index in [1.165, 1.54) is 23.9 Å². The number of aryl methyl sites for hydroxylation is 1. The fourth-order valence-corrected chi connectivity index (χ4v) is 10.1. The summed E-state index contributed by atoms with van der Waals surface area (Å²) in [6.45, 7) is 4.47. The molecule has 3 aromatic carbocycles. The molecule has 1 saturated heterocycles. The highest BCUT2D eigenvalue weighted by molar-refractivity contribution is 7.92. The highest BCUT2D eigenvalue weighted by atomic mass is 35.5. The molecule has 2 fully saturated rings. The molecule has 5 atom stereocenters. The largest absolute Gasteiger partial charge is 0.368 e. The second-order valence-electron chi connectivity index (χ2n) is 17.0. The molecule has 0 spiro atoms. The van der Waals surface area contributed by atoms with Crippen molar-refractivity contribution in [3.8, 4) is 5.69 Å². The van der Waals surface area contributed by atoms with Crippen molar-refractivity contribution in [3.63, 3.8) is 0 Å². The van der Waals surface area contributed by atoms with E-state index in [0.717, 1.165) is 28.6 Å². The lowest BCUT2D eigenvalue weighted by molar-refractivity contribution is -0.123. The summed E-state index contributed by atoms with van der Waals surface area (Å²) in [5.74, 6) is -8.88. The zero-order valence-electron chi connectivity index (χ0n) is 34.9. The molecule has 1 aliphatic heterocycles. The van der Waals surface area contributed by atoms with Crippen molar-refractivity contribution in [2.75, 3.05) is 36.0 Å². The number of piperazine rings is 1. The number of nitrogens with zero attached hydrogens (tertiary/aromatic N) is 8. The first kappa shape index (κ1) is 43.6. The summed E-state index contributed by atoms with van der Waals surface area (Å²) in [5.41, 5.74) is -1.52. The monoisotopic (exact) mass is 930 g/mol. The molecule has 14 nitrogen and oxygen atoms in total. The van der Waals surface area contributed by atoms with Crippen molar-refractivity contribution in [3.05, 3.63) is 104 Å². The number of carbonyl (C=O) groups is 1. The number of rotatable bonds is 11. The Morgan fingerprint density at radius 1 is 1.00 bits per heavy atom. The summed E-state index contributed by atoms with van der Waals surface area (Å²) in [7, 11) is -0.397. The van der Waals surface area contributed by atoms with E-state index in [1.54, 1.807) is 18.2 Å². The predicted molar refractivity (Wildman–Crippen MR) is 227 cm³/mol. The summed E-state index contributed by atoms with van der Waals surface area (Å²) in [4.78, 5) is 38.7. The van der Waals surface area contributed by atoms with Crippen LogP contribution >= 0.6 is 11.6 Å². The lowest BCUT2D eigenvalue weighted by atomic mass is 10.0. The van der Waals surface area contributed by atoms with Gasteiger partial charge in [-0.2, -0.15) is 19.0 Å². The summed E-state index contributed by atoms with van der Waals surface area (Å²) in [6.07, 6.45) is -2.71. The lowest BCUT2D eigenvalue weighted by Crippen LogP contribution is -2.55. The maximum atomic E-state index is 15.6. The molecule has 22 heteroatoms. The van der Waals surface area contributed by atoms with Gasteiger partial charge in [0, 0.05) is 61.9 Å². The average molecular weight is 931 g/mol. The van der Waals surface area contributed by atoms with Crippen molar-refractivity contribution < 1.29 is 39.6 Å². The Kier molecular flexibility index (Phi) is 10.6. The Hall–Kier alpha value is -5.67. The average Bonchev–Trinajstić information content (AvgIpc) is 3.74. The van der Waals surface area contributed by atoms with Crippen molar-refractivity contribution in [2.45, 2.75) is 69.6 Å². The molecule has 338 valence electrons. The normalized spacial score (nSPS) is 21.1. The number of hydrogen-bond donors (Lipinski definition) is 2. The van der Waals surface area contributed by atoms with E-state index in [-0.39, 0.29) is 73.8 Å². The van der Waals surface area contributed by atoms with E-state index in [1.807, 2.05) is 7.05 Å². The third-order valence-electron chi connectivity index (χ3n) is 12.5. The second-order valence-corrected chi connectivity index (χ2v) is 19.2. The molecule has 2 aliphatic carbocycles. The highest BCUT2D eigenvalue weighted by Crippen LogP contribution is 2.68. The molecule has 0 radical (unpaired) electrons. The van der Waals surface area contributed by atoms with E-state index < -0.39 is 87.7 Å². The van der Waals surface area contributed by atoms with Crippen LogP contribution in [0.3, 0.4) is 0 Å². The maximum Gasteiger partial charge on any atom is 0.293 e. The molecule has 1 amide bonds. The number of halogens is 7. The number of hydrogen-bond acceptors (Lipinski definition) is 9. The molecule has 1 saturated carbocycles. The van der Waals surface area contributed by atoms with Crippen molar-refractivity contribution >= 4 is 60.8 Å². The summed E-state index contributed by atoms with van der Waals surface area (Å²) < 4.78 is 119. The van der Waals surface area contributed by atoms with Crippen LogP contribution in [0.25, 0.3) is 27.5 Å². The van der Waals surface area contributed by atoms with E-state index >= 15 is 13.6 Å². The highest BCUT2D eigenvalue weighted by Gasteiger charge is 2.67. The van der Waals surface area contributed by atoms with Gasteiger partial charge >= 0.3 is 0 Å². The van der Waals surface area contributed by atoms with E-state index in [0.29, 0.717) is 23.8 Å². The molecule has 2 N–H and O–H groups in total. The molecule has 3 aromatic heterocycles. The quantitative estimate of drug-likeness (QED) is 0.138. The molecule has 3 aliphatic rings. The minimum absolute atomic E-state index is 0.00402. The Labute approximate surface area is 366 Å². The number of aromatic nitrogens is 6. The second kappa shape index (κ2) is 15.5. The summed E-state index contributed by atoms with van der Waals surface area (Å²) in [6, 6.07) is 9.41. The van der Waals surface area contributed by atoms with Crippen molar-refractivity contribution in [2.24, 2.45) is 13.0 Å². The Bertz CT molecular complexity index is 3050. The van der Waals surface area contributed by atoms with Crippen molar-refractivity contribution in [1.29, 1.82) is 0 Å². The lowest BCUT2D eigenvalue weighted by Gasteiger charge is -2.43. The zero-order chi connectivity index (χ0) is 45.9. The number of carbonyl (C=O) groups excluding carboxylic acids is 1. The minimum atomic E-state index is -3.90. The van der Waals surface area contributed by atoms with Gasteiger partial charge < -0.3 is 10.2 Å². The zero-order valence-corrected chi connectivity index (χ0v) is 36.5. The van der Waals surface area contributed by atoms with E-state index in [9.17, 15) is 30.8 Å². The molecule has 9 rings (SSSR count). The number of benzene rings is 3. The predicted octanol–water partition coefficient (Wildman–Crippen LogP) is 6.55. The fourth-order valence-electron chi connectivity index (χ4n) is 9.38. The van der Waals surface area contributed by atoms with Gasteiger partial charge in [-0.25, -0.2) is 31.0 Å². The number of nitrogens with one attached hydrogen (secondary N) is 2. The smallest absolute Gasteiger partial charge is 0.293 e. The fraction of sp³-hybridized carbons (Fsp3) is 0.405. The number of alkyl halides is 4. The molecule has 4 heterocycles. The SMILES string of the molecule is C[C@@H]1CN(c2ccc3c(=O)n(-c4ccc(Cl)c5c(NS(C)(=O)=O)nn(C)c45)c([C@H](Cc4cc(F)cc(F)c4)NC(=O)Cn4nc(C(F)F)c5c4C(F)(F)[C@@H]4C[C@H]54)nc3c2)C[C@H](C)N1C. The van der Waals surface area contributed by atoms with Gasteiger partial charge in [-0.15, -0.1) is 0 Å². The number of likely N-dealkylation sites (N-methyl/N-ethyl adjacent to an activating group) is 1. The van der Waals surface area contributed by atoms with Crippen LogP contribution in [0.1, 0.15) is 67.0 Å². The molecule has 0 unspecified atom stereocenters. The Morgan fingerprint density at radius 3 is 2.34 bits per heavy atom. The van der Waals surface area contributed by atoms with Crippen LogP contribution in [-0.2, 0) is 40.8 Å². The summed E-state index contributed by atoms with van der Waals surface area (Å²) in [5, 5.41) is 11.1. The first-order valence-corrected chi connectivity index (χ1v) is 22.6. The Balaban J connectivity index is 1.24. The number of fused-ring (bicyclic) bond motifs is 5.